The van der Waals surface area contributed by atoms with Crippen LogP contribution in [0.15, 0.2) is 47.7 Å². The fourth-order valence-electron chi connectivity index (χ4n) is 1.74. The Morgan fingerprint density at radius 3 is 2.58 bits per heavy atom. The van der Waals surface area contributed by atoms with Crippen molar-refractivity contribution in [3.8, 4) is 0 Å². The predicted molar refractivity (Wildman–Crippen MR) is 76.3 cm³/mol. The van der Waals surface area contributed by atoms with E-state index in [0.717, 1.165) is 17.7 Å². The Morgan fingerprint density at radius 2 is 2.00 bits per heavy atom. The molecule has 0 saturated carbocycles. The number of aryl methyl sites for hydroxylation is 1. The second-order valence-electron chi connectivity index (χ2n) is 4.30. The van der Waals surface area contributed by atoms with E-state index in [4.69, 9.17) is 0 Å². The molecule has 2 rings (SSSR count). The van der Waals surface area contributed by atoms with Gasteiger partial charge in [-0.2, -0.15) is 5.10 Å². The Labute approximate surface area is 112 Å². The van der Waals surface area contributed by atoms with Crippen LogP contribution in [0.2, 0.25) is 0 Å². The fraction of sp³-hybridized carbons (Fsp3) is 0.200. The van der Waals surface area contributed by atoms with E-state index in [1.54, 1.807) is 18.3 Å². The van der Waals surface area contributed by atoms with Crippen molar-refractivity contribution in [3.05, 3.63) is 59.4 Å². The van der Waals surface area contributed by atoms with E-state index in [-0.39, 0.29) is 5.91 Å². The van der Waals surface area contributed by atoms with Crippen molar-refractivity contribution in [2.24, 2.45) is 5.10 Å². The highest BCUT2D eigenvalue weighted by atomic mass is 16.2. The van der Waals surface area contributed by atoms with E-state index in [1.165, 1.54) is 5.56 Å². The van der Waals surface area contributed by atoms with Gasteiger partial charge in [0.2, 0.25) is 0 Å². The number of nitrogens with one attached hydrogen (secondary N) is 2. The number of benzene rings is 1. The molecular weight excluding hydrogens is 238 g/mol. The number of amides is 1. The Hall–Kier alpha value is -2.36. The standard InChI is InChI=1S/C15H17N3O/c1-3-13(12-8-6-11(2)7-9-12)17-18-15(19)14-5-4-10-16-14/h4-10,16H,3H2,1-2H3,(H,18,19)/b17-13-. The van der Waals surface area contributed by atoms with Crippen LogP contribution in [0.5, 0.6) is 0 Å². The summed E-state index contributed by atoms with van der Waals surface area (Å²) < 4.78 is 0. The average molecular weight is 255 g/mol. The Balaban J connectivity index is 2.11. The molecule has 4 heteroatoms. The Bertz CT molecular complexity index is 568. The number of rotatable bonds is 4. The monoisotopic (exact) mass is 255 g/mol. The third kappa shape index (κ3) is 3.31. The lowest BCUT2D eigenvalue weighted by Gasteiger charge is -2.05. The van der Waals surface area contributed by atoms with Crippen LogP contribution in [0.3, 0.4) is 0 Å². The van der Waals surface area contributed by atoms with Crippen LogP contribution in [-0.4, -0.2) is 16.6 Å². The maximum absolute atomic E-state index is 11.8. The number of carbonyl (C=O) groups excluding carboxylic acids is 1. The molecule has 2 N–H and O–H groups in total. The van der Waals surface area contributed by atoms with E-state index in [2.05, 4.69) is 15.5 Å². The second kappa shape index (κ2) is 6.00. The molecule has 0 radical (unpaired) electrons. The van der Waals surface area contributed by atoms with E-state index < -0.39 is 0 Å². The minimum absolute atomic E-state index is 0.233. The third-order valence-electron chi connectivity index (χ3n) is 2.85. The van der Waals surface area contributed by atoms with Crippen LogP contribution in [0.1, 0.15) is 35.0 Å². The molecule has 0 aliphatic carbocycles. The van der Waals surface area contributed by atoms with E-state index in [1.807, 2.05) is 38.1 Å². The van der Waals surface area contributed by atoms with Gasteiger partial charge in [0, 0.05) is 6.20 Å². The molecule has 0 unspecified atom stereocenters. The zero-order chi connectivity index (χ0) is 13.7. The first kappa shape index (κ1) is 13.1. The molecule has 4 nitrogen and oxygen atoms in total. The summed E-state index contributed by atoms with van der Waals surface area (Å²) in [6.45, 7) is 4.05. The van der Waals surface area contributed by atoms with Gasteiger partial charge in [-0.3, -0.25) is 4.79 Å². The first-order chi connectivity index (χ1) is 9.20. The maximum atomic E-state index is 11.8. The van der Waals surface area contributed by atoms with E-state index in [0.29, 0.717) is 5.69 Å². The van der Waals surface area contributed by atoms with Gasteiger partial charge in [-0.25, -0.2) is 5.43 Å². The van der Waals surface area contributed by atoms with Gasteiger partial charge in [-0.05, 0) is 31.0 Å². The molecule has 1 aromatic carbocycles. The molecule has 0 saturated heterocycles. The van der Waals surface area contributed by atoms with Crippen LogP contribution in [0.4, 0.5) is 0 Å². The van der Waals surface area contributed by atoms with Gasteiger partial charge >= 0.3 is 0 Å². The van der Waals surface area contributed by atoms with Crippen LogP contribution in [0.25, 0.3) is 0 Å². The van der Waals surface area contributed by atoms with Crippen molar-refractivity contribution < 1.29 is 4.79 Å². The number of hydrazone groups is 1. The number of carbonyl (C=O) groups is 1. The summed E-state index contributed by atoms with van der Waals surface area (Å²) in [4.78, 5) is 14.6. The molecule has 2 aromatic rings. The third-order valence-corrected chi connectivity index (χ3v) is 2.85. The van der Waals surface area contributed by atoms with Gasteiger partial charge in [0.25, 0.3) is 5.91 Å². The van der Waals surface area contributed by atoms with Crippen LogP contribution in [-0.2, 0) is 0 Å². The lowest BCUT2D eigenvalue weighted by Crippen LogP contribution is -2.20. The SMILES string of the molecule is CC/C(=N/NC(=O)c1ccc[nH]1)c1ccc(C)cc1. The smallest absolute Gasteiger partial charge is 0.287 e. The summed E-state index contributed by atoms with van der Waals surface area (Å²) in [5, 5.41) is 4.20. The number of hydrogen-bond donors (Lipinski definition) is 2. The minimum Gasteiger partial charge on any atom is -0.357 e. The zero-order valence-corrected chi connectivity index (χ0v) is 11.1. The molecule has 98 valence electrons. The quantitative estimate of drug-likeness (QED) is 0.640. The van der Waals surface area contributed by atoms with Crippen molar-refractivity contribution in [1.29, 1.82) is 0 Å². The molecule has 0 fully saturated rings. The molecular formula is C15H17N3O. The van der Waals surface area contributed by atoms with Crippen molar-refractivity contribution in [1.82, 2.24) is 10.4 Å². The normalized spacial score (nSPS) is 11.4. The van der Waals surface area contributed by atoms with Crippen molar-refractivity contribution in [2.45, 2.75) is 20.3 Å². The van der Waals surface area contributed by atoms with Gasteiger partial charge in [-0.15, -0.1) is 0 Å². The summed E-state index contributed by atoms with van der Waals surface area (Å²) in [6, 6.07) is 11.6. The van der Waals surface area contributed by atoms with Gasteiger partial charge < -0.3 is 4.98 Å². The van der Waals surface area contributed by atoms with Gasteiger partial charge in [0.1, 0.15) is 5.69 Å². The summed E-state index contributed by atoms with van der Waals surface area (Å²) in [5.41, 5.74) is 6.16. The van der Waals surface area contributed by atoms with Crippen LogP contribution in [0, 0.1) is 6.92 Å². The van der Waals surface area contributed by atoms with Gasteiger partial charge in [0.05, 0.1) is 5.71 Å². The Kier molecular flexibility index (Phi) is 4.13. The van der Waals surface area contributed by atoms with Crippen molar-refractivity contribution >= 4 is 11.6 Å². The lowest BCUT2D eigenvalue weighted by atomic mass is 10.1. The largest absolute Gasteiger partial charge is 0.357 e. The number of H-pyrrole nitrogens is 1. The number of aromatic amines is 1. The summed E-state index contributed by atoms with van der Waals surface area (Å²) in [6.07, 6.45) is 2.47. The summed E-state index contributed by atoms with van der Waals surface area (Å²) >= 11 is 0. The molecule has 0 atom stereocenters. The minimum atomic E-state index is -0.233. The number of aromatic nitrogens is 1. The second-order valence-corrected chi connectivity index (χ2v) is 4.30. The van der Waals surface area contributed by atoms with Gasteiger partial charge in [-0.1, -0.05) is 36.8 Å². The van der Waals surface area contributed by atoms with Crippen molar-refractivity contribution in [3.63, 3.8) is 0 Å². The highest BCUT2D eigenvalue weighted by Gasteiger charge is 2.06. The van der Waals surface area contributed by atoms with Gasteiger partial charge in [0.15, 0.2) is 0 Å². The summed E-state index contributed by atoms with van der Waals surface area (Å²) in [5.74, 6) is -0.233. The fourth-order valence-corrected chi connectivity index (χ4v) is 1.74. The summed E-state index contributed by atoms with van der Waals surface area (Å²) in [7, 11) is 0. The van der Waals surface area contributed by atoms with E-state index in [9.17, 15) is 4.79 Å². The molecule has 0 aliphatic rings. The highest BCUT2D eigenvalue weighted by molar-refractivity contribution is 6.01. The Morgan fingerprint density at radius 1 is 1.26 bits per heavy atom. The number of hydrogen-bond acceptors (Lipinski definition) is 2. The molecule has 19 heavy (non-hydrogen) atoms. The highest BCUT2D eigenvalue weighted by Crippen LogP contribution is 2.07. The first-order valence-electron chi connectivity index (χ1n) is 6.28. The molecule has 0 aliphatic heterocycles. The van der Waals surface area contributed by atoms with Crippen molar-refractivity contribution in [2.75, 3.05) is 0 Å². The first-order valence-corrected chi connectivity index (χ1v) is 6.28. The predicted octanol–water partition coefficient (Wildman–Crippen LogP) is 2.87. The molecule has 1 amide bonds. The maximum Gasteiger partial charge on any atom is 0.287 e. The topological polar surface area (TPSA) is 57.2 Å². The number of nitrogens with zero attached hydrogens (tertiary/aromatic N) is 1. The van der Waals surface area contributed by atoms with E-state index >= 15 is 0 Å². The molecule has 1 aromatic heterocycles. The van der Waals surface area contributed by atoms with Crippen LogP contribution >= 0.6 is 0 Å². The average Bonchev–Trinajstić information content (AvgIpc) is 2.95. The lowest BCUT2D eigenvalue weighted by molar-refractivity contribution is 0.0950. The molecule has 0 bridgehead atoms. The molecule has 0 spiro atoms. The van der Waals surface area contributed by atoms with Crippen LogP contribution < -0.4 is 5.43 Å². The zero-order valence-electron chi connectivity index (χ0n) is 11.1. The molecule has 1 heterocycles.